The molecule has 1 spiro atoms. The molecule has 0 unspecified atom stereocenters. The van der Waals surface area contributed by atoms with Gasteiger partial charge in [-0.1, -0.05) is 97.9 Å². The molecule has 0 aliphatic carbocycles. The number of benzene rings is 4. The largest absolute Gasteiger partial charge is 0.234 e. The third-order valence-electron chi connectivity index (χ3n) is 6.17. The summed E-state index contributed by atoms with van der Waals surface area (Å²) in [5.74, 6) is 0. The molecule has 6 rings (SSSR count). The number of rotatable bonds is 4. The summed E-state index contributed by atoms with van der Waals surface area (Å²) in [6.07, 6.45) is 0.846. The molecule has 2 aliphatic rings. The molecule has 2 heterocycles. The molecule has 0 saturated carbocycles. The van der Waals surface area contributed by atoms with Gasteiger partial charge in [-0.3, -0.25) is 0 Å². The van der Waals surface area contributed by atoms with Crippen molar-refractivity contribution in [1.29, 1.82) is 0 Å². The molecule has 2 aliphatic heterocycles. The van der Waals surface area contributed by atoms with Crippen LogP contribution in [0.2, 0.25) is 0 Å². The minimum atomic E-state index is -0.705. The smallest absolute Gasteiger partial charge is 0.223 e. The molecule has 0 aromatic heterocycles. The second-order valence-corrected chi connectivity index (χ2v) is 9.38. The SMILES string of the molecule is CCC1=NN(c2ccccc2)[C@@]2(SC(c3ccccc3)=NN2c2ccccc2)c2ccccc21. The van der Waals surface area contributed by atoms with Gasteiger partial charge in [-0.2, -0.15) is 10.2 Å². The monoisotopic (exact) mass is 460 g/mol. The van der Waals surface area contributed by atoms with Crippen LogP contribution in [0.4, 0.5) is 11.4 Å². The Morgan fingerprint density at radius 2 is 1.18 bits per heavy atom. The Morgan fingerprint density at radius 1 is 0.647 bits per heavy atom. The van der Waals surface area contributed by atoms with E-state index < -0.39 is 4.99 Å². The Balaban J connectivity index is 1.64. The lowest BCUT2D eigenvalue weighted by molar-refractivity contribution is 0.548. The summed E-state index contributed by atoms with van der Waals surface area (Å²) in [6.45, 7) is 2.17. The minimum Gasteiger partial charge on any atom is -0.223 e. The Kier molecular flexibility index (Phi) is 5.19. The van der Waals surface area contributed by atoms with Gasteiger partial charge in [0.05, 0.1) is 17.1 Å². The predicted octanol–water partition coefficient (Wildman–Crippen LogP) is 7.05. The Hall–Kier alpha value is -3.83. The predicted molar refractivity (Wildman–Crippen MR) is 143 cm³/mol. The van der Waals surface area contributed by atoms with Gasteiger partial charge in [-0.15, -0.1) is 0 Å². The van der Waals surface area contributed by atoms with Crippen molar-refractivity contribution in [3.05, 3.63) is 132 Å². The molecule has 0 radical (unpaired) electrons. The van der Waals surface area contributed by atoms with Crippen LogP contribution in [0.25, 0.3) is 0 Å². The molecular weight excluding hydrogens is 436 g/mol. The second-order valence-electron chi connectivity index (χ2n) is 8.22. The summed E-state index contributed by atoms with van der Waals surface area (Å²) >= 11 is 1.74. The van der Waals surface area contributed by atoms with Crippen LogP contribution in [0.3, 0.4) is 0 Å². The van der Waals surface area contributed by atoms with Crippen LogP contribution >= 0.6 is 11.8 Å². The fourth-order valence-electron chi connectivity index (χ4n) is 4.60. The molecule has 0 N–H and O–H groups in total. The second kappa shape index (κ2) is 8.50. The van der Waals surface area contributed by atoms with Crippen molar-refractivity contribution in [1.82, 2.24) is 0 Å². The van der Waals surface area contributed by atoms with Crippen molar-refractivity contribution >= 4 is 33.9 Å². The van der Waals surface area contributed by atoms with Crippen molar-refractivity contribution in [2.75, 3.05) is 10.0 Å². The highest BCUT2D eigenvalue weighted by Crippen LogP contribution is 2.55. The first kappa shape index (κ1) is 20.8. The normalized spacial score (nSPS) is 19.1. The number of anilines is 2. The summed E-state index contributed by atoms with van der Waals surface area (Å²) in [5.41, 5.74) is 6.59. The van der Waals surface area contributed by atoms with Gasteiger partial charge in [0.25, 0.3) is 0 Å². The molecule has 0 bridgehead atoms. The maximum Gasteiger partial charge on any atom is 0.234 e. The lowest BCUT2D eigenvalue weighted by Gasteiger charge is -2.47. The van der Waals surface area contributed by atoms with Crippen LogP contribution in [-0.2, 0) is 4.99 Å². The van der Waals surface area contributed by atoms with Crippen molar-refractivity contribution in [3.8, 4) is 0 Å². The van der Waals surface area contributed by atoms with Gasteiger partial charge in [-0.25, -0.2) is 10.0 Å². The summed E-state index contributed by atoms with van der Waals surface area (Å²) in [6, 6.07) is 39.8. The third-order valence-corrected chi connectivity index (χ3v) is 7.53. The van der Waals surface area contributed by atoms with E-state index in [1.54, 1.807) is 11.8 Å². The maximum atomic E-state index is 5.27. The van der Waals surface area contributed by atoms with Crippen LogP contribution in [0, 0.1) is 0 Å². The average Bonchev–Trinajstić information content (AvgIpc) is 3.32. The quantitative estimate of drug-likeness (QED) is 0.327. The van der Waals surface area contributed by atoms with E-state index in [2.05, 4.69) is 114 Å². The first-order chi connectivity index (χ1) is 16.8. The number of nitrogens with zero attached hydrogens (tertiary/aromatic N) is 4. The number of hydrazone groups is 2. The van der Waals surface area contributed by atoms with E-state index in [9.17, 15) is 0 Å². The standard InChI is InChI=1S/C29H24N4S/c1-2-27-25-20-12-13-21-26(25)29(32(30-27)23-16-8-4-9-17-23)33(24-18-10-5-11-19-24)31-28(34-29)22-14-6-3-7-15-22/h3-21H,2H2,1H3/t29-/m0/s1. The molecule has 4 aromatic rings. The number of para-hydroxylation sites is 2. The van der Waals surface area contributed by atoms with Crippen LogP contribution in [0.1, 0.15) is 30.0 Å². The van der Waals surface area contributed by atoms with Gasteiger partial charge in [0.2, 0.25) is 4.99 Å². The lowest BCUT2D eigenvalue weighted by atomic mass is 9.96. The van der Waals surface area contributed by atoms with E-state index >= 15 is 0 Å². The van der Waals surface area contributed by atoms with E-state index in [1.165, 1.54) is 11.1 Å². The highest BCUT2D eigenvalue weighted by molar-refractivity contribution is 8.15. The molecule has 4 aromatic carbocycles. The van der Waals surface area contributed by atoms with E-state index in [0.29, 0.717) is 0 Å². The van der Waals surface area contributed by atoms with Gasteiger partial charge in [0, 0.05) is 16.7 Å². The first-order valence-corrected chi connectivity index (χ1v) is 12.3. The van der Waals surface area contributed by atoms with Crippen LogP contribution in [-0.4, -0.2) is 10.8 Å². The molecule has 5 heteroatoms. The Labute approximate surface area is 204 Å². The van der Waals surface area contributed by atoms with Crippen molar-refractivity contribution in [2.24, 2.45) is 10.2 Å². The number of fused-ring (bicyclic) bond motifs is 2. The van der Waals surface area contributed by atoms with Crippen LogP contribution in [0.15, 0.2) is 125 Å². The van der Waals surface area contributed by atoms with Gasteiger partial charge in [-0.05, 0) is 42.4 Å². The van der Waals surface area contributed by atoms with E-state index in [-0.39, 0.29) is 0 Å². The summed E-state index contributed by atoms with van der Waals surface area (Å²) < 4.78 is 0. The number of hydrogen-bond donors (Lipinski definition) is 0. The molecule has 166 valence electrons. The van der Waals surface area contributed by atoms with E-state index in [1.807, 2.05) is 18.2 Å². The molecule has 0 saturated heterocycles. The molecule has 4 nitrogen and oxygen atoms in total. The summed E-state index contributed by atoms with van der Waals surface area (Å²) in [7, 11) is 0. The minimum absolute atomic E-state index is 0.705. The zero-order valence-electron chi connectivity index (χ0n) is 18.9. The zero-order chi connectivity index (χ0) is 23.0. The maximum absolute atomic E-state index is 5.27. The number of hydrogen-bond acceptors (Lipinski definition) is 5. The fourth-order valence-corrected chi connectivity index (χ4v) is 6.00. The molecule has 1 atom stereocenters. The topological polar surface area (TPSA) is 31.2 Å². The molecular formula is C29H24N4S. The zero-order valence-corrected chi connectivity index (χ0v) is 19.7. The third kappa shape index (κ3) is 3.24. The summed E-state index contributed by atoms with van der Waals surface area (Å²) in [4.78, 5) is -0.705. The molecule has 0 fully saturated rings. The lowest BCUT2D eigenvalue weighted by Crippen LogP contribution is -2.53. The Morgan fingerprint density at radius 3 is 1.79 bits per heavy atom. The highest BCUT2D eigenvalue weighted by atomic mass is 32.2. The number of thioether (sulfide) groups is 1. The highest BCUT2D eigenvalue weighted by Gasteiger charge is 2.55. The van der Waals surface area contributed by atoms with Gasteiger partial charge in [0.15, 0.2) is 0 Å². The molecule has 0 amide bonds. The average molecular weight is 461 g/mol. The summed E-state index contributed by atoms with van der Waals surface area (Å²) in [5, 5.41) is 15.8. The van der Waals surface area contributed by atoms with Crippen LogP contribution in [0.5, 0.6) is 0 Å². The van der Waals surface area contributed by atoms with E-state index in [4.69, 9.17) is 10.2 Å². The van der Waals surface area contributed by atoms with Crippen LogP contribution < -0.4 is 10.0 Å². The fraction of sp³-hybridized carbons (Fsp3) is 0.103. The Bertz CT molecular complexity index is 1370. The van der Waals surface area contributed by atoms with E-state index in [0.717, 1.165) is 34.1 Å². The van der Waals surface area contributed by atoms with Gasteiger partial charge < -0.3 is 0 Å². The van der Waals surface area contributed by atoms with Gasteiger partial charge >= 0.3 is 0 Å². The van der Waals surface area contributed by atoms with Crippen molar-refractivity contribution in [2.45, 2.75) is 18.3 Å². The van der Waals surface area contributed by atoms with Crippen molar-refractivity contribution < 1.29 is 0 Å². The van der Waals surface area contributed by atoms with Crippen molar-refractivity contribution in [3.63, 3.8) is 0 Å². The van der Waals surface area contributed by atoms with Gasteiger partial charge in [0.1, 0.15) is 5.04 Å². The molecule has 34 heavy (non-hydrogen) atoms. The first-order valence-electron chi connectivity index (χ1n) is 11.5.